The molecule has 2 aliphatic rings. The second-order valence-electron chi connectivity index (χ2n) is 7.19. The van der Waals surface area contributed by atoms with Crippen molar-refractivity contribution in [3.8, 4) is 0 Å². The average Bonchev–Trinajstić information content (AvgIpc) is 2.52. The normalized spacial score (nSPS) is 26.6. The van der Waals surface area contributed by atoms with E-state index in [0.29, 0.717) is 38.8 Å². The summed E-state index contributed by atoms with van der Waals surface area (Å²) >= 11 is 0. The van der Waals surface area contributed by atoms with Crippen LogP contribution in [0.5, 0.6) is 0 Å². The first-order valence-electron chi connectivity index (χ1n) is 8.14. The molecular weight excluding hydrogens is 284 g/mol. The number of amides is 2. The third-order valence-corrected chi connectivity index (χ3v) is 4.15. The highest BCUT2D eigenvalue weighted by Gasteiger charge is 2.31. The van der Waals surface area contributed by atoms with E-state index in [9.17, 15) is 9.59 Å². The molecule has 2 saturated heterocycles. The van der Waals surface area contributed by atoms with Gasteiger partial charge in [-0.15, -0.1) is 0 Å². The average molecular weight is 312 g/mol. The maximum Gasteiger partial charge on any atom is 0.254 e. The van der Waals surface area contributed by atoms with Crippen LogP contribution in [0.15, 0.2) is 0 Å². The van der Waals surface area contributed by atoms with Gasteiger partial charge >= 0.3 is 0 Å². The van der Waals surface area contributed by atoms with Gasteiger partial charge in [-0.3, -0.25) is 9.59 Å². The summed E-state index contributed by atoms with van der Waals surface area (Å²) < 4.78 is 10.8. The predicted molar refractivity (Wildman–Crippen MR) is 82.3 cm³/mol. The number of rotatable bonds is 3. The number of hydrogen-bond acceptors (Lipinski definition) is 4. The van der Waals surface area contributed by atoms with Crippen LogP contribution in [0.4, 0.5) is 0 Å². The van der Waals surface area contributed by atoms with Crippen LogP contribution >= 0.6 is 0 Å². The van der Waals surface area contributed by atoms with Gasteiger partial charge in [0, 0.05) is 25.0 Å². The van der Waals surface area contributed by atoms with Gasteiger partial charge in [-0.25, -0.2) is 0 Å². The first-order valence-corrected chi connectivity index (χ1v) is 8.14. The number of nitrogens with zero attached hydrogens (tertiary/aromatic N) is 1. The molecule has 2 rings (SSSR count). The lowest BCUT2D eigenvalue weighted by Crippen LogP contribution is -2.50. The summed E-state index contributed by atoms with van der Waals surface area (Å²) in [6.07, 6.45) is 1.54. The first kappa shape index (κ1) is 17.2. The summed E-state index contributed by atoms with van der Waals surface area (Å²) in [4.78, 5) is 26.2. The lowest BCUT2D eigenvalue weighted by Gasteiger charge is -2.36. The monoisotopic (exact) mass is 312 g/mol. The number of carbonyl (C=O) groups excluding carboxylic acids is 2. The Labute approximate surface area is 132 Å². The lowest BCUT2D eigenvalue weighted by molar-refractivity contribution is -0.159. The van der Waals surface area contributed by atoms with Gasteiger partial charge in [-0.2, -0.15) is 0 Å². The van der Waals surface area contributed by atoms with Crippen LogP contribution in [0.25, 0.3) is 0 Å². The second-order valence-corrected chi connectivity index (χ2v) is 7.19. The van der Waals surface area contributed by atoms with Gasteiger partial charge in [0.25, 0.3) is 5.91 Å². The highest BCUT2D eigenvalue weighted by molar-refractivity contribution is 5.82. The van der Waals surface area contributed by atoms with E-state index in [-0.39, 0.29) is 17.2 Å². The molecule has 22 heavy (non-hydrogen) atoms. The van der Waals surface area contributed by atoms with Crippen LogP contribution in [0.1, 0.15) is 33.6 Å². The topological polar surface area (TPSA) is 67.9 Å². The van der Waals surface area contributed by atoms with Gasteiger partial charge in [0.15, 0.2) is 6.10 Å². The Morgan fingerprint density at radius 2 is 2.05 bits per heavy atom. The van der Waals surface area contributed by atoms with Crippen molar-refractivity contribution < 1.29 is 19.1 Å². The van der Waals surface area contributed by atoms with Crippen molar-refractivity contribution >= 4 is 11.8 Å². The standard InChI is InChI=1S/C16H28N2O4/c1-16(2,3)15(20)17-9-12-5-4-6-18(10-12)14(19)13-11-21-7-8-22-13/h12-13H,4-11H2,1-3H3,(H,17,20)/t12-,13-/m0/s1. The highest BCUT2D eigenvalue weighted by atomic mass is 16.6. The molecule has 2 aliphatic heterocycles. The second kappa shape index (κ2) is 7.42. The first-order chi connectivity index (χ1) is 10.4. The molecule has 0 bridgehead atoms. The van der Waals surface area contributed by atoms with E-state index in [1.54, 1.807) is 0 Å². The molecule has 0 aromatic carbocycles. The van der Waals surface area contributed by atoms with Crippen LogP contribution in [0.3, 0.4) is 0 Å². The molecular formula is C16H28N2O4. The molecule has 6 heteroatoms. The Balaban J connectivity index is 1.81. The van der Waals surface area contributed by atoms with Crippen molar-refractivity contribution in [2.45, 2.75) is 39.7 Å². The minimum Gasteiger partial charge on any atom is -0.376 e. The Kier molecular flexibility index (Phi) is 5.81. The smallest absolute Gasteiger partial charge is 0.254 e. The zero-order valence-electron chi connectivity index (χ0n) is 13.9. The molecule has 0 aromatic rings. The van der Waals surface area contributed by atoms with E-state index in [1.165, 1.54) is 0 Å². The maximum absolute atomic E-state index is 12.4. The molecule has 0 radical (unpaired) electrons. The predicted octanol–water partition coefficient (Wildman–Crippen LogP) is 0.803. The summed E-state index contributed by atoms with van der Waals surface area (Å²) in [6, 6.07) is 0. The summed E-state index contributed by atoms with van der Waals surface area (Å²) in [6.45, 7) is 9.17. The highest BCUT2D eigenvalue weighted by Crippen LogP contribution is 2.19. The van der Waals surface area contributed by atoms with E-state index in [4.69, 9.17) is 9.47 Å². The Morgan fingerprint density at radius 3 is 2.68 bits per heavy atom. The number of carbonyl (C=O) groups is 2. The Bertz CT molecular complexity index is 399. The molecule has 0 spiro atoms. The van der Waals surface area contributed by atoms with Crippen molar-refractivity contribution in [3.05, 3.63) is 0 Å². The van der Waals surface area contributed by atoms with Crippen molar-refractivity contribution in [1.29, 1.82) is 0 Å². The van der Waals surface area contributed by atoms with Crippen molar-refractivity contribution in [2.75, 3.05) is 39.5 Å². The fraction of sp³-hybridized carbons (Fsp3) is 0.875. The molecule has 0 aliphatic carbocycles. The molecule has 126 valence electrons. The third kappa shape index (κ3) is 4.68. The SMILES string of the molecule is CC(C)(C)C(=O)NC[C@@H]1CCCN(C(=O)[C@@H]2COCCO2)C1. The molecule has 2 fully saturated rings. The van der Waals surface area contributed by atoms with Gasteiger partial charge < -0.3 is 19.7 Å². The molecule has 2 heterocycles. The summed E-state index contributed by atoms with van der Waals surface area (Å²) in [5.41, 5.74) is -0.378. The minimum atomic E-state index is -0.461. The van der Waals surface area contributed by atoms with Crippen LogP contribution in [0, 0.1) is 11.3 Å². The quantitative estimate of drug-likeness (QED) is 0.837. The number of nitrogens with one attached hydrogen (secondary N) is 1. The summed E-state index contributed by atoms with van der Waals surface area (Å²) in [5.74, 6) is 0.389. The zero-order chi connectivity index (χ0) is 16.2. The number of piperidine rings is 1. The molecule has 2 atom stereocenters. The molecule has 0 aromatic heterocycles. The van der Waals surface area contributed by atoms with E-state index >= 15 is 0 Å². The minimum absolute atomic E-state index is 0.0200. The van der Waals surface area contributed by atoms with Crippen LogP contribution in [-0.2, 0) is 19.1 Å². The number of likely N-dealkylation sites (tertiary alicyclic amines) is 1. The zero-order valence-corrected chi connectivity index (χ0v) is 13.9. The fourth-order valence-corrected chi connectivity index (χ4v) is 2.77. The van der Waals surface area contributed by atoms with Gasteiger partial charge in [0.2, 0.25) is 5.91 Å². The maximum atomic E-state index is 12.4. The largest absolute Gasteiger partial charge is 0.376 e. The van der Waals surface area contributed by atoms with Crippen LogP contribution in [0.2, 0.25) is 0 Å². The van der Waals surface area contributed by atoms with Gasteiger partial charge in [0.1, 0.15) is 0 Å². The summed E-state index contributed by atoms with van der Waals surface area (Å²) in [7, 11) is 0. The fourth-order valence-electron chi connectivity index (χ4n) is 2.77. The lowest BCUT2D eigenvalue weighted by atomic mass is 9.94. The van der Waals surface area contributed by atoms with Crippen molar-refractivity contribution in [2.24, 2.45) is 11.3 Å². The van der Waals surface area contributed by atoms with Gasteiger partial charge in [-0.1, -0.05) is 20.8 Å². The number of hydrogen-bond donors (Lipinski definition) is 1. The van der Waals surface area contributed by atoms with Gasteiger partial charge in [0.05, 0.1) is 19.8 Å². The molecule has 6 nitrogen and oxygen atoms in total. The Morgan fingerprint density at radius 1 is 1.27 bits per heavy atom. The van der Waals surface area contributed by atoms with Crippen molar-refractivity contribution in [3.63, 3.8) is 0 Å². The number of ether oxygens (including phenoxy) is 2. The van der Waals surface area contributed by atoms with Gasteiger partial charge in [-0.05, 0) is 18.8 Å². The molecule has 2 amide bonds. The van der Waals surface area contributed by atoms with E-state index in [2.05, 4.69) is 5.32 Å². The van der Waals surface area contributed by atoms with E-state index < -0.39 is 6.10 Å². The summed E-state index contributed by atoms with van der Waals surface area (Å²) in [5, 5.41) is 3.00. The molecule has 0 unspecified atom stereocenters. The molecule has 1 N–H and O–H groups in total. The van der Waals surface area contributed by atoms with Crippen LogP contribution in [-0.4, -0.2) is 62.3 Å². The van der Waals surface area contributed by atoms with Crippen molar-refractivity contribution in [1.82, 2.24) is 10.2 Å². The molecule has 0 saturated carbocycles. The Hall–Kier alpha value is -1.14. The van der Waals surface area contributed by atoms with E-state index in [1.807, 2.05) is 25.7 Å². The third-order valence-electron chi connectivity index (χ3n) is 4.15. The van der Waals surface area contributed by atoms with E-state index in [0.717, 1.165) is 19.4 Å². The van der Waals surface area contributed by atoms with Crippen LogP contribution < -0.4 is 5.32 Å².